The molecule has 0 amide bonds. The van der Waals surface area contributed by atoms with Crippen LogP contribution in [0.2, 0.25) is 0 Å². The number of fused-ring (bicyclic) bond motifs is 1. The van der Waals surface area contributed by atoms with E-state index < -0.39 is 0 Å². The first-order chi connectivity index (χ1) is 8.56. The minimum Gasteiger partial charge on any atom is -0.399 e. The first-order valence-electron chi connectivity index (χ1n) is 6.16. The quantitative estimate of drug-likeness (QED) is 0.815. The molecule has 0 aliphatic rings. The first kappa shape index (κ1) is 13.1. The Morgan fingerprint density at radius 1 is 1.44 bits per heavy atom. The van der Waals surface area contributed by atoms with Crippen LogP contribution in [-0.2, 0) is 0 Å². The molecule has 18 heavy (non-hydrogen) atoms. The van der Waals surface area contributed by atoms with E-state index in [1.54, 1.807) is 11.3 Å². The second kappa shape index (κ2) is 5.54. The highest BCUT2D eigenvalue weighted by molar-refractivity contribution is 7.22. The number of nitrogens with one attached hydrogen (secondary N) is 1. The van der Waals surface area contributed by atoms with Gasteiger partial charge in [-0.05, 0) is 39.1 Å². The van der Waals surface area contributed by atoms with Crippen LogP contribution in [0.25, 0.3) is 10.2 Å². The highest BCUT2D eigenvalue weighted by atomic mass is 32.1. The van der Waals surface area contributed by atoms with Crippen LogP contribution in [0.3, 0.4) is 0 Å². The molecule has 0 aliphatic heterocycles. The van der Waals surface area contributed by atoms with Gasteiger partial charge in [0.1, 0.15) is 0 Å². The van der Waals surface area contributed by atoms with Gasteiger partial charge in [-0.3, -0.25) is 0 Å². The molecule has 0 radical (unpaired) electrons. The van der Waals surface area contributed by atoms with E-state index in [-0.39, 0.29) is 0 Å². The molecular formula is C13H20N4S. The van der Waals surface area contributed by atoms with Gasteiger partial charge >= 0.3 is 0 Å². The van der Waals surface area contributed by atoms with Crippen LogP contribution in [0.5, 0.6) is 0 Å². The Hall–Kier alpha value is -1.33. The van der Waals surface area contributed by atoms with Gasteiger partial charge in [-0.25, -0.2) is 4.98 Å². The molecule has 5 heteroatoms. The van der Waals surface area contributed by atoms with Crippen LogP contribution in [0.15, 0.2) is 18.2 Å². The predicted octanol–water partition coefficient (Wildman–Crippen LogP) is 2.63. The summed E-state index contributed by atoms with van der Waals surface area (Å²) in [5, 5.41) is 4.33. The number of hydrogen-bond donors (Lipinski definition) is 2. The smallest absolute Gasteiger partial charge is 0.183 e. The maximum atomic E-state index is 5.76. The van der Waals surface area contributed by atoms with E-state index >= 15 is 0 Å². The van der Waals surface area contributed by atoms with Crippen LogP contribution in [0.4, 0.5) is 10.8 Å². The summed E-state index contributed by atoms with van der Waals surface area (Å²) < 4.78 is 1.13. The van der Waals surface area contributed by atoms with Crippen molar-refractivity contribution in [3.8, 4) is 0 Å². The Morgan fingerprint density at radius 3 is 2.94 bits per heavy atom. The molecule has 2 aromatic rings. The summed E-state index contributed by atoms with van der Waals surface area (Å²) in [5.41, 5.74) is 7.56. The average Bonchev–Trinajstić information content (AvgIpc) is 2.70. The zero-order valence-electron chi connectivity index (χ0n) is 11.1. The normalized spacial score (nSPS) is 11.6. The molecule has 0 unspecified atom stereocenters. The topological polar surface area (TPSA) is 54.2 Å². The van der Waals surface area contributed by atoms with Crippen LogP contribution in [0.1, 0.15) is 13.8 Å². The van der Waals surface area contributed by atoms with E-state index in [4.69, 9.17) is 5.73 Å². The molecule has 2 rings (SSSR count). The molecule has 0 saturated heterocycles. The number of likely N-dealkylation sites (N-methyl/N-ethyl adjacent to an activating group) is 1. The summed E-state index contributed by atoms with van der Waals surface area (Å²) in [7, 11) is 2.13. The SMILES string of the molecule is CC(C)N(C)CCNc1nc2ccc(N)cc2s1. The van der Waals surface area contributed by atoms with Gasteiger partial charge in [0, 0.05) is 24.8 Å². The number of nitrogen functional groups attached to an aromatic ring is 1. The predicted molar refractivity (Wildman–Crippen MR) is 80.3 cm³/mol. The molecule has 0 aliphatic carbocycles. The van der Waals surface area contributed by atoms with E-state index in [9.17, 15) is 0 Å². The first-order valence-corrected chi connectivity index (χ1v) is 6.98. The number of aromatic nitrogens is 1. The van der Waals surface area contributed by atoms with Crippen LogP contribution >= 0.6 is 11.3 Å². The molecule has 1 heterocycles. The zero-order chi connectivity index (χ0) is 13.1. The Kier molecular flexibility index (Phi) is 4.04. The van der Waals surface area contributed by atoms with E-state index in [0.29, 0.717) is 6.04 Å². The fourth-order valence-corrected chi connectivity index (χ4v) is 2.55. The molecule has 0 fully saturated rings. The van der Waals surface area contributed by atoms with E-state index in [1.807, 2.05) is 18.2 Å². The summed E-state index contributed by atoms with van der Waals surface area (Å²) in [5.74, 6) is 0. The molecular weight excluding hydrogens is 244 g/mol. The number of thiazole rings is 1. The largest absolute Gasteiger partial charge is 0.399 e. The van der Waals surface area contributed by atoms with Gasteiger partial charge in [0.15, 0.2) is 5.13 Å². The molecule has 1 aromatic carbocycles. The van der Waals surface area contributed by atoms with Crippen molar-refractivity contribution < 1.29 is 0 Å². The van der Waals surface area contributed by atoms with Crippen molar-refractivity contribution in [1.29, 1.82) is 0 Å². The van der Waals surface area contributed by atoms with Crippen LogP contribution in [-0.4, -0.2) is 36.1 Å². The summed E-state index contributed by atoms with van der Waals surface area (Å²) in [6, 6.07) is 6.39. The van der Waals surface area contributed by atoms with E-state index in [0.717, 1.165) is 34.1 Å². The molecule has 1 aromatic heterocycles. The van der Waals surface area contributed by atoms with Crippen molar-refractivity contribution in [1.82, 2.24) is 9.88 Å². The van der Waals surface area contributed by atoms with Crippen molar-refractivity contribution in [3.63, 3.8) is 0 Å². The monoisotopic (exact) mass is 264 g/mol. The van der Waals surface area contributed by atoms with Gasteiger partial charge in [-0.1, -0.05) is 11.3 Å². The Balaban J connectivity index is 1.96. The van der Waals surface area contributed by atoms with Gasteiger partial charge < -0.3 is 16.0 Å². The number of hydrogen-bond acceptors (Lipinski definition) is 5. The third kappa shape index (κ3) is 3.11. The minimum atomic E-state index is 0.571. The van der Waals surface area contributed by atoms with Crippen molar-refractivity contribution in [2.45, 2.75) is 19.9 Å². The van der Waals surface area contributed by atoms with E-state index in [1.165, 1.54) is 0 Å². The average molecular weight is 264 g/mol. The molecule has 0 saturated carbocycles. The maximum Gasteiger partial charge on any atom is 0.183 e. The third-order valence-corrected chi connectivity index (χ3v) is 4.01. The lowest BCUT2D eigenvalue weighted by molar-refractivity contribution is 0.284. The maximum absolute atomic E-state index is 5.76. The van der Waals surface area contributed by atoms with Gasteiger partial charge in [0.05, 0.1) is 10.2 Å². The summed E-state index contributed by atoms with van der Waals surface area (Å²) in [4.78, 5) is 6.83. The molecule has 3 N–H and O–H groups in total. The second-order valence-electron chi connectivity index (χ2n) is 4.75. The van der Waals surface area contributed by atoms with Crippen molar-refractivity contribution >= 4 is 32.4 Å². The fourth-order valence-electron chi connectivity index (χ4n) is 1.61. The lowest BCUT2D eigenvalue weighted by Crippen LogP contribution is -2.31. The molecule has 0 bridgehead atoms. The molecule has 4 nitrogen and oxygen atoms in total. The molecule has 0 spiro atoms. The number of anilines is 2. The summed E-state index contributed by atoms with van der Waals surface area (Å²) in [6.45, 7) is 6.31. The van der Waals surface area contributed by atoms with Gasteiger partial charge in [0.2, 0.25) is 0 Å². The molecule has 98 valence electrons. The lowest BCUT2D eigenvalue weighted by Gasteiger charge is -2.20. The fraction of sp³-hybridized carbons (Fsp3) is 0.462. The Bertz CT molecular complexity index is 521. The highest BCUT2D eigenvalue weighted by Gasteiger charge is 2.05. The van der Waals surface area contributed by atoms with Crippen molar-refractivity contribution in [3.05, 3.63) is 18.2 Å². The van der Waals surface area contributed by atoms with Gasteiger partial charge in [-0.2, -0.15) is 0 Å². The van der Waals surface area contributed by atoms with Crippen LogP contribution in [0, 0.1) is 0 Å². The highest BCUT2D eigenvalue weighted by Crippen LogP contribution is 2.27. The van der Waals surface area contributed by atoms with Gasteiger partial charge in [-0.15, -0.1) is 0 Å². The minimum absolute atomic E-state index is 0.571. The Labute approximate surface area is 112 Å². The summed E-state index contributed by atoms with van der Waals surface area (Å²) in [6.07, 6.45) is 0. The number of nitrogens with zero attached hydrogens (tertiary/aromatic N) is 2. The standard InChI is InChI=1S/C13H20N4S/c1-9(2)17(3)7-6-15-13-16-11-5-4-10(14)8-12(11)18-13/h4-5,8-9H,6-7,14H2,1-3H3,(H,15,16). The summed E-state index contributed by atoms with van der Waals surface area (Å²) >= 11 is 1.65. The van der Waals surface area contributed by atoms with E-state index in [2.05, 4.69) is 36.1 Å². The van der Waals surface area contributed by atoms with Crippen molar-refractivity contribution in [2.24, 2.45) is 0 Å². The number of benzene rings is 1. The van der Waals surface area contributed by atoms with Gasteiger partial charge in [0.25, 0.3) is 0 Å². The number of nitrogens with two attached hydrogens (primary N) is 1. The third-order valence-electron chi connectivity index (χ3n) is 3.03. The van der Waals surface area contributed by atoms with Crippen molar-refractivity contribution in [2.75, 3.05) is 31.2 Å². The molecule has 0 atom stereocenters. The zero-order valence-corrected chi connectivity index (χ0v) is 11.9. The van der Waals surface area contributed by atoms with Crippen LogP contribution < -0.4 is 11.1 Å². The Morgan fingerprint density at radius 2 is 2.22 bits per heavy atom. The second-order valence-corrected chi connectivity index (χ2v) is 5.78. The number of rotatable bonds is 5. The lowest BCUT2D eigenvalue weighted by atomic mass is 10.3.